The SMILES string of the molecule is Cc1c(NCc2cccc3ccccc23)cccc1C(=O)NCCO. The second-order valence-electron chi connectivity index (χ2n) is 5.95. The average Bonchev–Trinajstić information content (AvgIpc) is 2.65. The van der Waals surface area contributed by atoms with Gasteiger partial charge in [-0.25, -0.2) is 0 Å². The summed E-state index contributed by atoms with van der Waals surface area (Å²) in [6, 6.07) is 20.2. The van der Waals surface area contributed by atoms with Gasteiger partial charge in [-0.15, -0.1) is 0 Å². The zero-order valence-corrected chi connectivity index (χ0v) is 14.3. The predicted molar refractivity (Wildman–Crippen MR) is 102 cm³/mol. The van der Waals surface area contributed by atoms with Gasteiger partial charge in [0.15, 0.2) is 0 Å². The molecular formula is C21H22N2O2. The van der Waals surface area contributed by atoms with E-state index in [0.29, 0.717) is 12.1 Å². The van der Waals surface area contributed by atoms with Gasteiger partial charge in [0.1, 0.15) is 0 Å². The molecule has 0 aliphatic heterocycles. The minimum absolute atomic E-state index is 0.0657. The molecule has 0 unspecified atom stereocenters. The summed E-state index contributed by atoms with van der Waals surface area (Å²) in [5.41, 5.74) is 3.67. The number of amides is 1. The van der Waals surface area contributed by atoms with Crippen LogP contribution in [-0.2, 0) is 6.54 Å². The van der Waals surface area contributed by atoms with Gasteiger partial charge in [-0.3, -0.25) is 4.79 Å². The molecule has 25 heavy (non-hydrogen) atoms. The average molecular weight is 334 g/mol. The number of aliphatic hydroxyl groups is 1. The highest BCUT2D eigenvalue weighted by Crippen LogP contribution is 2.22. The predicted octanol–water partition coefficient (Wildman–Crippen LogP) is 3.48. The molecule has 0 heterocycles. The first-order valence-corrected chi connectivity index (χ1v) is 8.40. The maximum absolute atomic E-state index is 12.2. The molecule has 0 aromatic heterocycles. The Labute approximate surface area is 147 Å². The lowest BCUT2D eigenvalue weighted by atomic mass is 10.0. The Bertz CT molecular complexity index is 885. The monoisotopic (exact) mass is 334 g/mol. The van der Waals surface area contributed by atoms with E-state index in [1.807, 2.05) is 31.2 Å². The highest BCUT2D eigenvalue weighted by Gasteiger charge is 2.11. The molecule has 3 aromatic carbocycles. The summed E-state index contributed by atoms with van der Waals surface area (Å²) >= 11 is 0. The van der Waals surface area contributed by atoms with Gasteiger partial charge in [0, 0.05) is 24.3 Å². The highest BCUT2D eigenvalue weighted by molar-refractivity contribution is 5.97. The number of hydrogen-bond donors (Lipinski definition) is 3. The molecule has 0 aliphatic rings. The van der Waals surface area contributed by atoms with Crippen molar-refractivity contribution in [2.24, 2.45) is 0 Å². The van der Waals surface area contributed by atoms with Crippen molar-refractivity contribution in [2.75, 3.05) is 18.5 Å². The summed E-state index contributed by atoms with van der Waals surface area (Å²) in [5, 5.41) is 17.4. The third kappa shape index (κ3) is 3.80. The van der Waals surface area contributed by atoms with Crippen molar-refractivity contribution in [2.45, 2.75) is 13.5 Å². The fraction of sp³-hybridized carbons (Fsp3) is 0.190. The van der Waals surface area contributed by atoms with Crippen LogP contribution in [0, 0.1) is 6.92 Å². The van der Waals surface area contributed by atoms with Gasteiger partial charge in [0.2, 0.25) is 0 Å². The number of rotatable bonds is 6. The molecule has 0 aliphatic carbocycles. The number of nitrogens with one attached hydrogen (secondary N) is 2. The lowest BCUT2D eigenvalue weighted by molar-refractivity contribution is 0.0944. The zero-order valence-electron chi connectivity index (χ0n) is 14.3. The number of carbonyl (C=O) groups is 1. The maximum Gasteiger partial charge on any atom is 0.251 e. The van der Waals surface area contributed by atoms with E-state index in [-0.39, 0.29) is 19.1 Å². The van der Waals surface area contributed by atoms with Gasteiger partial charge in [0.05, 0.1) is 6.61 Å². The van der Waals surface area contributed by atoms with Crippen molar-refractivity contribution in [1.29, 1.82) is 0 Å². The minimum Gasteiger partial charge on any atom is -0.395 e. The molecule has 128 valence electrons. The van der Waals surface area contributed by atoms with Gasteiger partial charge in [-0.2, -0.15) is 0 Å². The molecule has 0 bridgehead atoms. The van der Waals surface area contributed by atoms with E-state index in [1.54, 1.807) is 6.07 Å². The van der Waals surface area contributed by atoms with E-state index < -0.39 is 0 Å². The molecule has 3 aromatic rings. The van der Waals surface area contributed by atoms with E-state index in [4.69, 9.17) is 5.11 Å². The van der Waals surface area contributed by atoms with Gasteiger partial charge in [-0.05, 0) is 41.0 Å². The molecule has 3 rings (SSSR count). The highest BCUT2D eigenvalue weighted by atomic mass is 16.3. The molecule has 3 N–H and O–H groups in total. The quantitative estimate of drug-likeness (QED) is 0.647. The minimum atomic E-state index is -0.166. The van der Waals surface area contributed by atoms with Crippen LogP contribution < -0.4 is 10.6 Å². The van der Waals surface area contributed by atoms with Crippen LogP contribution in [0.15, 0.2) is 60.7 Å². The number of hydrogen-bond acceptors (Lipinski definition) is 3. The summed E-state index contributed by atoms with van der Waals surface area (Å²) in [6.45, 7) is 2.80. The van der Waals surface area contributed by atoms with Crippen molar-refractivity contribution < 1.29 is 9.90 Å². The third-order valence-corrected chi connectivity index (χ3v) is 4.33. The first kappa shape index (κ1) is 17.0. The van der Waals surface area contributed by atoms with Crippen LogP contribution in [-0.4, -0.2) is 24.2 Å². The largest absolute Gasteiger partial charge is 0.395 e. The van der Waals surface area contributed by atoms with Crippen molar-refractivity contribution in [3.63, 3.8) is 0 Å². The lowest BCUT2D eigenvalue weighted by Crippen LogP contribution is -2.27. The summed E-state index contributed by atoms with van der Waals surface area (Å²) in [7, 11) is 0. The second kappa shape index (κ2) is 7.81. The number of benzene rings is 3. The van der Waals surface area contributed by atoms with Crippen LogP contribution >= 0.6 is 0 Å². The zero-order chi connectivity index (χ0) is 17.6. The van der Waals surface area contributed by atoms with Gasteiger partial charge < -0.3 is 15.7 Å². The number of carbonyl (C=O) groups excluding carboxylic acids is 1. The fourth-order valence-electron chi connectivity index (χ4n) is 2.97. The van der Waals surface area contributed by atoms with Crippen molar-refractivity contribution in [3.05, 3.63) is 77.4 Å². The molecule has 1 amide bonds. The van der Waals surface area contributed by atoms with Gasteiger partial charge in [0.25, 0.3) is 5.91 Å². The molecule has 0 fully saturated rings. The Hall–Kier alpha value is -2.85. The van der Waals surface area contributed by atoms with Gasteiger partial charge >= 0.3 is 0 Å². The molecule has 4 heteroatoms. The van der Waals surface area contributed by atoms with E-state index in [9.17, 15) is 4.79 Å². The van der Waals surface area contributed by atoms with Crippen LogP contribution in [0.2, 0.25) is 0 Å². The standard InChI is InChI=1S/C21H22N2O2/c1-15-18(21(25)22-12-13-24)10-5-11-20(15)23-14-17-8-4-7-16-6-2-3-9-19(16)17/h2-11,23-24H,12-14H2,1H3,(H,22,25). The smallest absolute Gasteiger partial charge is 0.251 e. The normalized spacial score (nSPS) is 10.6. The Morgan fingerprint density at radius 3 is 2.60 bits per heavy atom. The van der Waals surface area contributed by atoms with Crippen molar-refractivity contribution in [1.82, 2.24) is 5.32 Å². The van der Waals surface area contributed by atoms with Gasteiger partial charge in [-0.1, -0.05) is 48.5 Å². The fourth-order valence-corrected chi connectivity index (χ4v) is 2.97. The van der Waals surface area contributed by atoms with E-state index >= 15 is 0 Å². The van der Waals surface area contributed by atoms with E-state index in [2.05, 4.69) is 41.0 Å². The van der Waals surface area contributed by atoms with Crippen LogP contribution in [0.5, 0.6) is 0 Å². The number of anilines is 1. The maximum atomic E-state index is 12.2. The summed E-state index contributed by atoms with van der Waals surface area (Å²) < 4.78 is 0. The van der Waals surface area contributed by atoms with Crippen LogP contribution in [0.1, 0.15) is 21.5 Å². The van der Waals surface area contributed by atoms with Crippen molar-refractivity contribution in [3.8, 4) is 0 Å². The van der Waals surface area contributed by atoms with Crippen LogP contribution in [0.4, 0.5) is 5.69 Å². The summed E-state index contributed by atoms with van der Waals surface area (Å²) in [4.78, 5) is 12.2. The van der Waals surface area contributed by atoms with Crippen LogP contribution in [0.25, 0.3) is 10.8 Å². The molecule has 0 spiro atoms. The van der Waals surface area contributed by atoms with Crippen LogP contribution in [0.3, 0.4) is 0 Å². The second-order valence-corrected chi connectivity index (χ2v) is 5.95. The molecule has 0 radical (unpaired) electrons. The Balaban J connectivity index is 1.80. The molecule has 4 nitrogen and oxygen atoms in total. The summed E-state index contributed by atoms with van der Waals surface area (Å²) in [5.74, 6) is -0.166. The Kier molecular flexibility index (Phi) is 5.31. The number of aliphatic hydroxyl groups excluding tert-OH is 1. The Morgan fingerprint density at radius 1 is 1.00 bits per heavy atom. The molecule has 0 saturated carbocycles. The van der Waals surface area contributed by atoms with E-state index in [1.165, 1.54) is 16.3 Å². The Morgan fingerprint density at radius 2 is 1.76 bits per heavy atom. The number of fused-ring (bicyclic) bond motifs is 1. The topological polar surface area (TPSA) is 61.4 Å². The van der Waals surface area contributed by atoms with Crippen molar-refractivity contribution >= 4 is 22.4 Å². The molecule has 0 saturated heterocycles. The van der Waals surface area contributed by atoms with E-state index in [0.717, 1.165) is 11.3 Å². The third-order valence-electron chi connectivity index (χ3n) is 4.33. The lowest BCUT2D eigenvalue weighted by Gasteiger charge is -2.14. The molecular weight excluding hydrogens is 312 g/mol. The first-order valence-electron chi connectivity index (χ1n) is 8.40. The molecule has 0 atom stereocenters. The summed E-state index contributed by atoms with van der Waals surface area (Å²) in [6.07, 6.45) is 0. The first-order chi connectivity index (χ1) is 12.2.